The fourth-order valence-corrected chi connectivity index (χ4v) is 6.92. The lowest BCUT2D eigenvalue weighted by Crippen LogP contribution is -2.67. The van der Waals surface area contributed by atoms with E-state index < -0.39 is 6.10 Å². The summed E-state index contributed by atoms with van der Waals surface area (Å²) >= 11 is 0. The first-order valence-electron chi connectivity index (χ1n) is 13.3. The van der Waals surface area contributed by atoms with Crippen molar-refractivity contribution in [2.75, 3.05) is 20.2 Å². The van der Waals surface area contributed by atoms with E-state index in [1.54, 1.807) is 7.11 Å². The summed E-state index contributed by atoms with van der Waals surface area (Å²) in [5, 5.41) is 13.0. The van der Waals surface area contributed by atoms with Crippen LogP contribution in [0.5, 0.6) is 5.75 Å². The van der Waals surface area contributed by atoms with E-state index in [0.29, 0.717) is 11.8 Å². The lowest BCUT2D eigenvalue weighted by atomic mass is 9.71. The average Bonchev–Trinajstić information content (AvgIpc) is 2.97. The van der Waals surface area contributed by atoms with Crippen LogP contribution in [0.2, 0.25) is 0 Å². The topological polar surface area (TPSA) is 42.4 Å². The minimum absolute atomic E-state index is 0.126. The molecule has 1 N–H and O–H groups in total. The van der Waals surface area contributed by atoms with Crippen LogP contribution in [0, 0.1) is 11.8 Å². The van der Waals surface area contributed by atoms with E-state index in [0.717, 1.165) is 52.8 Å². The Morgan fingerprint density at radius 1 is 1.05 bits per heavy atom. The number of fused-ring (bicyclic) bond motifs is 4. The second-order valence-electron chi connectivity index (χ2n) is 10.8. The lowest BCUT2D eigenvalue weighted by Gasteiger charge is -2.58. The predicted octanol–water partition coefficient (Wildman–Crippen LogP) is 6.56. The molecule has 4 nitrogen and oxygen atoms in total. The Morgan fingerprint density at radius 3 is 2.59 bits per heavy atom. The SMILES string of the molecule is C=CC1C[N+]2(Cc3ccc(-c4ccccc4)cc3)CCC1CC2C(O)c1ccnc2ccc(OC)cc12. The van der Waals surface area contributed by atoms with Gasteiger partial charge in [-0.25, -0.2) is 0 Å². The molecular formula is C33H35N2O2+. The molecule has 4 aromatic rings. The fourth-order valence-electron chi connectivity index (χ4n) is 6.92. The Balaban J connectivity index is 1.35. The van der Waals surface area contributed by atoms with Crippen molar-refractivity contribution < 1.29 is 14.3 Å². The maximum atomic E-state index is 12.0. The highest BCUT2D eigenvalue weighted by molar-refractivity contribution is 5.84. The molecule has 4 heterocycles. The van der Waals surface area contributed by atoms with Crippen LogP contribution in [0.25, 0.3) is 22.0 Å². The molecule has 3 fully saturated rings. The summed E-state index contributed by atoms with van der Waals surface area (Å²) in [6.45, 7) is 7.21. The molecular weight excluding hydrogens is 456 g/mol. The zero-order valence-corrected chi connectivity index (χ0v) is 21.5. The Hall–Kier alpha value is -3.47. The summed E-state index contributed by atoms with van der Waals surface area (Å²) in [6, 6.07) is 27.6. The molecule has 0 aliphatic carbocycles. The largest absolute Gasteiger partial charge is 0.497 e. The van der Waals surface area contributed by atoms with Gasteiger partial charge in [0.1, 0.15) is 24.4 Å². The van der Waals surface area contributed by atoms with E-state index in [2.05, 4.69) is 72.2 Å². The predicted molar refractivity (Wildman–Crippen MR) is 149 cm³/mol. The van der Waals surface area contributed by atoms with Crippen LogP contribution < -0.4 is 4.74 Å². The monoisotopic (exact) mass is 491 g/mol. The van der Waals surface area contributed by atoms with Crippen LogP contribution >= 0.6 is 0 Å². The molecule has 1 aromatic heterocycles. The van der Waals surface area contributed by atoms with Gasteiger partial charge in [0.05, 0.1) is 25.7 Å². The minimum Gasteiger partial charge on any atom is -0.497 e. The molecule has 0 saturated carbocycles. The number of quaternary nitrogens is 1. The Bertz CT molecular complexity index is 1400. The normalized spacial score (nSPS) is 25.6. The van der Waals surface area contributed by atoms with Gasteiger partial charge in [0.2, 0.25) is 0 Å². The second kappa shape index (κ2) is 9.77. The first-order valence-corrected chi connectivity index (χ1v) is 13.3. The standard InChI is InChI=1S/C33H35N2O2/c1-3-24-22-35(21-23-9-11-26(12-10-23)25-7-5-4-6-8-25)18-16-27(24)19-32(35)33(36)29-15-17-34-31-14-13-28(37-2)20-30(29)31/h3-15,17,20,24,27,32-33,36H,1,16,18-19,21-22H2,2H3/q+1. The lowest BCUT2D eigenvalue weighted by molar-refractivity contribution is -0.984. The maximum absolute atomic E-state index is 12.0. The van der Waals surface area contributed by atoms with E-state index in [-0.39, 0.29) is 6.04 Å². The molecule has 5 unspecified atom stereocenters. The van der Waals surface area contributed by atoms with Crippen molar-refractivity contribution in [2.45, 2.75) is 31.5 Å². The van der Waals surface area contributed by atoms with Crippen LogP contribution in [0.3, 0.4) is 0 Å². The molecule has 3 aromatic carbocycles. The summed E-state index contributed by atoms with van der Waals surface area (Å²) in [5.74, 6) is 1.86. The van der Waals surface area contributed by atoms with Crippen molar-refractivity contribution in [3.8, 4) is 16.9 Å². The number of hydrogen-bond acceptors (Lipinski definition) is 3. The van der Waals surface area contributed by atoms with Gasteiger partial charge < -0.3 is 14.3 Å². The number of aliphatic hydroxyl groups excluding tert-OH is 1. The molecule has 188 valence electrons. The number of ether oxygens (including phenoxy) is 1. The zero-order valence-electron chi connectivity index (χ0n) is 21.5. The van der Waals surface area contributed by atoms with E-state index in [1.807, 2.05) is 30.5 Å². The van der Waals surface area contributed by atoms with Gasteiger partial charge in [0.25, 0.3) is 0 Å². The quantitative estimate of drug-likeness (QED) is 0.235. The van der Waals surface area contributed by atoms with Crippen molar-refractivity contribution in [3.05, 3.63) is 109 Å². The average molecular weight is 492 g/mol. The smallest absolute Gasteiger partial charge is 0.131 e. The molecule has 0 amide bonds. The van der Waals surface area contributed by atoms with Gasteiger partial charge in [-0.1, -0.05) is 60.7 Å². The van der Waals surface area contributed by atoms with Gasteiger partial charge in [-0.2, -0.15) is 0 Å². The highest BCUT2D eigenvalue weighted by Crippen LogP contribution is 2.48. The van der Waals surface area contributed by atoms with Gasteiger partial charge in [0, 0.05) is 35.9 Å². The van der Waals surface area contributed by atoms with Crippen molar-refractivity contribution in [2.24, 2.45) is 11.8 Å². The summed E-state index contributed by atoms with van der Waals surface area (Å²) in [5.41, 5.74) is 5.63. The third kappa shape index (κ3) is 4.35. The number of aromatic nitrogens is 1. The highest BCUT2D eigenvalue weighted by Gasteiger charge is 2.54. The van der Waals surface area contributed by atoms with Gasteiger partial charge in [-0.3, -0.25) is 4.98 Å². The summed E-state index contributed by atoms with van der Waals surface area (Å²) in [4.78, 5) is 4.55. The van der Waals surface area contributed by atoms with Crippen LogP contribution in [-0.2, 0) is 6.54 Å². The number of hydrogen-bond donors (Lipinski definition) is 1. The molecule has 3 saturated heterocycles. The first-order chi connectivity index (χ1) is 18.1. The summed E-state index contributed by atoms with van der Waals surface area (Å²) in [7, 11) is 1.68. The molecule has 7 rings (SSSR count). The first kappa shape index (κ1) is 23.9. The molecule has 0 spiro atoms. The molecule has 3 aliphatic heterocycles. The van der Waals surface area contributed by atoms with Gasteiger partial charge >= 0.3 is 0 Å². The third-order valence-corrected chi connectivity index (χ3v) is 8.90. The van der Waals surface area contributed by atoms with E-state index in [1.165, 1.54) is 23.1 Å². The molecule has 4 heteroatoms. The van der Waals surface area contributed by atoms with Gasteiger partial charge in [0.15, 0.2) is 0 Å². The summed E-state index contributed by atoms with van der Waals surface area (Å²) in [6.07, 6.45) is 5.60. The number of aliphatic hydroxyl groups is 1. The molecule has 0 radical (unpaired) electrons. The Labute approximate surface area is 219 Å². The zero-order chi connectivity index (χ0) is 25.4. The van der Waals surface area contributed by atoms with Crippen molar-refractivity contribution in [1.82, 2.24) is 4.98 Å². The molecule has 5 atom stereocenters. The van der Waals surface area contributed by atoms with E-state index in [4.69, 9.17) is 4.74 Å². The van der Waals surface area contributed by atoms with Gasteiger partial charge in [-0.05, 0) is 46.9 Å². The Kier molecular flexibility index (Phi) is 6.31. The van der Waals surface area contributed by atoms with Crippen molar-refractivity contribution in [3.63, 3.8) is 0 Å². The van der Waals surface area contributed by atoms with Crippen molar-refractivity contribution >= 4 is 10.9 Å². The summed E-state index contributed by atoms with van der Waals surface area (Å²) < 4.78 is 6.39. The van der Waals surface area contributed by atoms with Crippen LogP contribution in [0.4, 0.5) is 0 Å². The van der Waals surface area contributed by atoms with Gasteiger partial charge in [-0.15, -0.1) is 6.58 Å². The van der Waals surface area contributed by atoms with E-state index >= 15 is 0 Å². The maximum Gasteiger partial charge on any atom is 0.131 e. The van der Waals surface area contributed by atoms with E-state index in [9.17, 15) is 5.11 Å². The minimum atomic E-state index is -0.574. The number of rotatable bonds is 7. The fraction of sp³-hybridized carbons (Fsp3) is 0.303. The number of piperidine rings is 3. The molecule has 3 aliphatic rings. The number of methoxy groups -OCH3 is 1. The number of benzene rings is 3. The van der Waals surface area contributed by atoms with Crippen molar-refractivity contribution in [1.29, 1.82) is 0 Å². The molecule has 2 bridgehead atoms. The highest BCUT2D eigenvalue weighted by atomic mass is 16.5. The van der Waals surface area contributed by atoms with Crippen LogP contribution in [0.15, 0.2) is 97.7 Å². The number of nitrogens with zero attached hydrogens (tertiary/aromatic N) is 2. The number of pyridine rings is 1. The third-order valence-electron chi connectivity index (χ3n) is 8.90. The van der Waals surface area contributed by atoms with Crippen LogP contribution in [0.1, 0.15) is 30.1 Å². The second-order valence-corrected chi connectivity index (χ2v) is 10.8. The van der Waals surface area contributed by atoms with Crippen LogP contribution in [-0.4, -0.2) is 40.8 Å². The molecule has 37 heavy (non-hydrogen) atoms. The Morgan fingerprint density at radius 2 is 1.84 bits per heavy atom.